The Morgan fingerprint density at radius 1 is 1.13 bits per heavy atom. The average Bonchev–Trinajstić information content (AvgIpc) is 3.23. The number of carbonyl (C=O) groups is 1. The van der Waals surface area contributed by atoms with Crippen molar-refractivity contribution in [2.75, 3.05) is 11.1 Å². The van der Waals surface area contributed by atoms with Gasteiger partial charge < -0.3 is 9.88 Å². The number of nitrogens with one attached hydrogen (secondary N) is 2. The van der Waals surface area contributed by atoms with Gasteiger partial charge in [0.15, 0.2) is 0 Å². The van der Waals surface area contributed by atoms with Crippen molar-refractivity contribution in [1.29, 1.82) is 0 Å². The number of nitrogens with zero attached hydrogens (tertiary/aromatic N) is 1. The molecule has 1 aliphatic heterocycles. The van der Waals surface area contributed by atoms with Crippen LogP contribution >= 0.6 is 23.1 Å². The van der Waals surface area contributed by atoms with Gasteiger partial charge in [-0.2, -0.15) is 11.8 Å². The van der Waals surface area contributed by atoms with Crippen LogP contribution in [0.4, 0.5) is 5.69 Å². The van der Waals surface area contributed by atoms with Crippen molar-refractivity contribution in [3.63, 3.8) is 0 Å². The Bertz CT molecular complexity index is 1200. The number of hydrogen-bond donors (Lipinski definition) is 2. The van der Waals surface area contributed by atoms with E-state index in [1.54, 1.807) is 29.5 Å². The Morgan fingerprint density at radius 3 is 2.70 bits per heavy atom. The van der Waals surface area contributed by atoms with E-state index in [-0.39, 0.29) is 16.8 Å². The smallest absolute Gasteiger partial charge is 0.258 e. The van der Waals surface area contributed by atoms with Gasteiger partial charge in [0.25, 0.3) is 5.91 Å². The second-order valence-corrected chi connectivity index (χ2v) is 11.4. The van der Waals surface area contributed by atoms with Crippen molar-refractivity contribution in [3.05, 3.63) is 64.8 Å². The molecule has 0 bridgehead atoms. The van der Waals surface area contributed by atoms with Crippen molar-refractivity contribution in [3.8, 4) is 5.00 Å². The molecule has 2 aliphatic rings. The molecule has 0 unspecified atom stereocenters. The number of sulfonamides is 1. The normalized spacial score (nSPS) is 16.3. The third-order valence-corrected chi connectivity index (χ3v) is 9.10. The third kappa shape index (κ3) is 3.94. The summed E-state index contributed by atoms with van der Waals surface area (Å²) in [5.74, 6) is 1.71. The maximum absolute atomic E-state index is 13.3. The monoisotopic (exact) mass is 459 g/mol. The van der Waals surface area contributed by atoms with E-state index in [0.29, 0.717) is 11.3 Å². The molecule has 1 saturated carbocycles. The largest absolute Gasteiger partial charge is 0.322 e. The van der Waals surface area contributed by atoms with Crippen LogP contribution in [0.5, 0.6) is 0 Å². The average molecular weight is 460 g/mol. The molecule has 2 N–H and O–H groups in total. The fraction of sp³-hybridized carbons (Fsp3) is 0.286. The van der Waals surface area contributed by atoms with Crippen molar-refractivity contribution in [1.82, 2.24) is 9.29 Å². The highest BCUT2D eigenvalue weighted by Crippen LogP contribution is 2.38. The lowest BCUT2D eigenvalue weighted by Crippen LogP contribution is -2.25. The van der Waals surface area contributed by atoms with E-state index in [9.17, 15) is 13.2 Å². The van der Waals surface area contributed by atoms with Gasteiger partial charge in [-0.05, 0) is 60.9 Å². The van der Waals surface area contributed by atoms with Crippen LogP contribution in [0.1, 0.15) is 33.6 Å². The van der Waals surface area contributed by atoms with Gasteiger partial charge in [0.2, 0.25) is 10.0 Å². The predicted molar refractivity (Wildman–Crippen MR) is 121 cm³/mol. The van der Waals surface area contributed by atoms with Crippen molar-refractivity contribution in [2.45, 2.75) is 36.0 Å². The first-order valence-electron chi connectivity index (χ1n) is 9.80. The van der Waals surface area contributed by atoms with E-state index in [1.165, 1.54) is 10.9 Å². The number of hydrogen-bond acceptors (Lipinski definition) is 5. The second-order valence-electron chi connectivity index (χ2n) is 7.45. The number of fused-ring (bicyclic) bond motifs is 1. The molecule has 1 fully saturated rings. The van der Waals surface area contributed by atoms with Crippen LogP contribution in [0.15, 0.2) is 53.7 Å². The second kappa shape index (κ2) is 7.88. The number of thioether (sulfide) groups is 1. The molecular weight excluding hydrogens is 438 g/mol. The number of carbonyl (C=O) groups excluding carboxylic acids is 1. The molecular formula is C21H21N3O3S3. The zero-order chi connectivity index (χ0) is 20.7. The summed E-state index contributed by atoms with van der Waals surface area (Å²) in [6, 6.07) is 10.4. The Balaban J connectivity index is 1.46. The third-order valence-electron chi connectivity index (χ3n) is 5.17. The lowest BCUT2D eigenvalue weighted by Gasteiger charge is -2.14. The summed E-state index contributed by atoms with van der Waals surface area (Å²) in [6.07, 6.45) is 6.49. The lowest BCUT2D eigenvalue weighted by atomic mass is 10.1. The van der Waals surface area contributed by atoms with Gasteiger partial charge >= 0.3 is 0 Å². The summed E-state index contributed by atoms with van der Waals surface area (Å²) in [6.45, 7) is 0. The van der Waals surface area contributed by atoms with Gasteiger partial charge in [0.1, 0.15) is 5.00 Å². The maximum atomic E-state index is 13.3. The highest BCUT2D eigenvalue weighted by Gasteiger charge is 2.29. The fourth-order valence-corrected chi connectivity index (χ4v) is 7.32. The molecule has 0 saturated heterocycles. The molecule has 0 atom stereocenters. The van der Waals surface area contributed by atoms with Gasteiger partial charge in [0, 0.05) is 34.8 Å². The zero-order valence-corrected chi connectivity index (χ0v) is 18.6. The summed E-state index contributed by atoms with van der Waals surface area (Å²) in [5.41, 5.74) is 2.28. The molecule has 5 rings (SSSR count). The van der Waals surface area contributed by atoms with Gasteiger partial charge in [-0.1, -0.05) is 6.07 Å². The van der Waals surface area contributed by atoms with Crippen molar-refractivity contribution in [2.24, 2.45) is 0 Å². The molecule has 3 heterocycles. The molecule has 1 aromatic carbocycles. The van der Waals surface area contributed by atoms with Crippen LogP contribution in [0.25, 0.3) is 5.00 Å². The van der Waals surface area contributed by atoms with Gasteiger partial charge in [-0.15, -0.1) is 11.3 Å². The number of benzene rings is 1. The number of anilines is 1. The number of amides is 1. The molecule has 3 aromatic rings. The standard InChI is InChI=1S/C21H21N3O3S3/c25-20(22-15-4-3-5-16(12-15)30(26,27)23-14-6-7-14)19-17-8-11-28-13-18(17)29-21(19)24-9-1-2-10-24/h1-5,9-10,12,14,23H,6-8,11,13H2,(H,22,25). The van der Waals surface area contributed by atoms with E-state index in [4.69, 9.17) is 0 Å². The van der Waals surface area contributed by atoms with Crippen LogP contribution in [0.2, 0.25) is 0 Å². The van der Waals surface area contributed by atoms with Crippen molar-refractivity contribution >= 4 is 44.7 Å². The highest BCUT2D eigenvalue weighted by atomic mass is 32.2. The minimum absolute atomic E-state index is 0.0348. The minimum atomic E-state index is -3.57. The summed E-state index contributed by atoms with van der Waals surface area (Å²) >= 11 is 3.54. The van der Waals surface area contributed by atoms with E-state index in [2.05, 4.69) is 10.0 Å². The number of thiophene rings is 1. The first-order valence-corrected chi connectivity index (χ1v) is 13.3. The molecule has 2 aromatic heterocycles. The maximum Gasteiger partial charge on any atom is 0.258 e. The Morgan fingerprint density at radius 2 is 1.93 bits per heavy atom. The van der Waals surface area contributed by atoms with E-state index in [1.807, 2.05) is 40.9 Å². The quantitative estimate of drug-likeness (QED) is 0.583. The van der Waals surface area contributed by atoms with Crippen LogP contribution in [-0.4, -0.2) is 30.7 Å². The van der Waals surface area contributed by atoms with E-state index < -0.39 is 10.0 Å². The van der Waals surface area contributed by atoms with Gasteiger partial charge in [-0.25, -0.2) is 13.1 Å². The molecule has 1 aliphatic carbocycles. The van der Waals surface area contributed by atoms with Crippen LogP contribution < -0.4 is 10.0 Å². The van der Waals surface area contributed by atoms with Crippen molar-refractivity contribution < 1.29 is 13.2 Å². The molecule has 9 heteroatoms. The Labute approximate surface area is 183 Å². The van der Waals surface area contributed by atoms with Gasteiger partial charge in [-0.3, -0.25) is 4.79 Å². The first kappa shape index (κ1) is 19.9. The highest BCUT2D eigenvalue weighted by molar-refractivity contribution is 7.98. The first-order chi connectivity index (χ1) is 14.5. The van der Waals surface area contributed by atoms with Crippen LogP contribution in [0.3, 0.4) is 0 Å². The summed E-state index contributed by atoms with van der Waals surface area (Å²) in [5, 5.41) is 3.84. The molecule has 0 spiro atoms. The van der Waals surface area contributed by atoms with Crippen LogP contribution in [0, 0.1) is 0 Å². The minimum Gasteiger partial charge on any atom is -0.322 e. The number of rotatable bonds is 6. The molecule has 30 heavy (non-hydrogen) atoms. The predicted octanol–water partition coefficient (Wildman–Crippen LogP) is 4.02. The summed E-state index contributed by atoms with van der Waals surface area (Å²) in [4.78, 5) is 14.7. The lowest BCUT2D eigenvalue weighted by molar-refractivity contribution is 0.102. The van der Waals surface area contributed by atoms with Crippen LogP contribution in [-0.2, 0) is 22.2 Å². The summed E-state index contributed by atoms with van der Waals surface area (Å²) in [7, 11) is -3.57. The SMILES string of the molecule is O=C(Nc1cccc(S(=O)(=O)NC2CC2)c1)c1c(-n2cccc2)sc2c1CCSC2. The topological polar surface area (TPSA) is 80.2 Å². The van der Waals surface area contributed by atoms with E-state index >= 15 is 0 Å². The molecule has 156 valence electrons. The molecule has 1 amide bonds. The van der Waals surface area contributed by atoms with Gasteiger partial charge in [0.05, 0.1) is 10.5 Å². The number of aromatic nitrogens is 1. The van der Waals surface area contributed by atoms with E-state index in [0.717, 1.165) is 41.3 Å². The Kier molecular flexibility index (Phi) is 5.22. The molecule has 6 nitrogen and oxygen atoms in total. The zero-order valence-electron chi connectivity index (χ0n) is 16.1. The molecule has 0 radical (unpaired) electrons. The Hall–Kier alpha value is -2.07. The summed E-state index contributed by atoms with van der Waals surface area (Å²) < 4.78 is 29.7. The fourth-order valence-electron chi connectivity index (χ4n) is 3.53.